The third kappa shape index (κ3) is 3.68. The molecule has 1 nitrogen and oxygen atoms in total. The molecule has 1 aromatic heterocycles. The Morgan fingerprint density at radius 1 is 1.16 bits per heavy atom. The molecule has 0 N–H and O–H groups in total. The van der Waals surface area contributed by atoms with Crippen LogP contribution in [0, 0.1) is 0 Å². The van der Waals surface area contributed by atoms with E-state index in [9.17, 15) is 4.79 Å². The van der Waals surface area contributed by atoms with Crippen molar-refractivity contribution in [1.29, 1.82) is 0 Å². The maximum absolute atomic E-state index is 11.3. The van der Waals surface area contributed by atoms with Crippen LogP contribution < -0.4 is 0 Å². The van der Waals surface area contributed by atoms with Crippen LogP contribution in [0.1, 0.15) is 48.1 Å². The van der Waals surface area contributed by atoms with Gasteiger partial charge in [0.1, 0.15) is 0 Å². The van der Waals surface area contributed by atoms with Gasteiger partial charge < -0.3 is 0 Å². The first kappa shape index (κ1) is 14.3. The molecule has 0 fully saturated rings. The molecule has 0 spiro atoms. The lowest BCUT2D eigenvalue weighted by Crippen LogP contribution is -2.03. The largest absolute Gasteiger partial charge is 0.281 e. The molecule has 19 heavy (non-hydrogen) atoms. The monoisotopic (exact) mass is 292 g/mol. The van der Waals surface area contributed by atoms with Crippen LogP contribution in [-0.2, 0) is 4.79 Å². The van der Waals surface area contributed by atoms with Crippen LogP contribution in [0.4, 0.5) is 0 Å². The first-order valence-electron chi connectivity index (χ1n) is 6.39. The lowest BCUT2D eigenvalue weighted by Gasteiger charge is -2.15. The van der Waals surface area contributed by atoms with Gasteiger partial charge in [-0.15, -0.1) is 11.3 Å². The van der Waals surface area contributed by atoms with Crippen LogP contribution in [0.5, 0.6) is 0 Å². The Kier molecular flexibility index (Phi) is 4.78. The van der Waals surface area contributed by atoms with Crippen molar-refractivity contribution in [3.8, 4) is 0 Å². The molecule has 3 heteroatoms. The molecule has 0 aliphatic carbocycles. The highest BCUT2D eigenvalue weighted by Gasteiger charge is 2.18. The van der Waals surface area contributed by atoms with Gasteiger partial charge in [0.15, 0.2) is 0 Å². The van der Waals surface area contributed by atoms with Gasteiger partial charge in [0.25, 0.3) is 0 Å². The summed E-state index contributed by atoms with van der Waals surface area (Å²) >= 11 is 7.25. The minimum atomic E-state index is -0.286. The highest BCUT2D eigenvalue weighted by Crippen LogP contribution is 2.32. The summed E-state index contributed by atoms with van der Waals surface area (Å²) in [7, 11) is 0. The summed E-state index contributed by atoms with van der Waals surface area (Å²) in [4.78, 5) is 12.5. The van der Waals surface area contributed by atoms with Gasteiger partial charge >= 0.3 is 0 Å². The van der Waals surface area contributed by atoms with E-state index < -0.39 is 0 Å². The highest BCUT2D eigenvalue weighted by molar-refractivity contribution is 7.10. The third-order valence-corrected chi connectivity index (χ3v) is 4.40. The molecule has 100 valence electrons. The predicted molar refractivity (Wildman–Crippen MR) is 82.2 cm³/mol. The maximum atomic E-state index is 11.3. The first-order chi connectivity index (χ1) is 9.08. The fraction of sp³-hybridized carbons (Fsp3) is 0.312. The molecule has 0 amide bonds. The molecule has 0 saturated carbocycles. The van der Waals surface area contributed by atoms with Crippen LogP contribution in [-0.4, -0.2) is 5.24 Å². The lowest BCUT2D eigenvalue weighted by atomic mass is 9.92. The fourth-order valence-electron chi connectivity index (χ4n) is 2.15. The topological polar surface area (TPSA) is 17.1 Å². The van der Waals surface area contributed by atoms with Crippen LogP contribution in [0.25, 0.3) is 0 Å². The van der Waals surface area contributed by atoms with E-state index in [1.165, 1.54) is 10.4 Å². The summed E-state index contributed by atoms with van der Waals surface area (Å²) in [6, 6.07) is 12.6. The van der Waals surface area contributed by atoms with Crippen molar-refractivity contribution in [2.75, 3.05) is 0 Å². The molecule has 0 saturated heterocycles. The van der Waals surface area contributed by atoms with Crippen molar-refractivity contribution < 1.29 is 4.79 Å². The van der Waals surface area contributed by atoms with E-state index in [1.807, 2.05) is 11.4 Å². The average molecular weight is 293 g/mol. The molecule has 0 radical (unpaired) electrons. The van der Waals surface area contributed by atoms with E-state index in [1.54, 1.807) is 11.3 Å². The second kappa shape index (κ2) is 6.36. The SMILES string of the molecule is CC(C)c1ccc(C(CC(=O)Cl)c2cccs2)cc1. The number of carbonyl (C=O) groups excluding carboxylic acids is 1. The standard InChI is InChI=1S/C16H17ClOS/c1-11(2)12-5-7-13(8-6-12)14(10-16(17)18)15-4-3-9-19-15/h3-9,11,14H,10H2,1-2H3. The zero-order chi connectivity index (χ0) is 13.8. The summed E-state index contributed by atoms with van der Waals surface area (Å²) in [5, 5.41) is 1.75. The van der Waals surface area contributed by atoms with E-state index in [2.05, 4.69) is 44.2 Å². The van der Waals surface area contributed by atoms with Gasteiger partial charge in [-0.3, -0.25) is 4.79 Å². The van der Waals surface area contributed by atoms with E-state index in [0.29, 0.717) is 12.3 Å². The van der Waals surface area contributed by atoms with Crippen molar-refractivity contribution in [2.45, 2.75) is 32.1 Å². The van der Waals surface area contributed by atoms with E-state index in [0.717, 1.165) is 5.56 Å². The van der Waals surface area contributed by atoms with Gasteiger partial charge in [-0.1, -0.05) is 44.2 Å². The van der Waals surface area contributed by atoms with Gasteiger partial charge in [0.2, 0.25) is 5.24 Å². The van der Waals surface area contributed by atoms with Crippen LogP contribution in [0.15, 0.2) is 41.8 Å². The Morgan fingerprint density at radius 3 is 2.26 bits per heavy atom. The van der Waals surface area contributed by atoms with E-state index in [-0.39, 0.29) is 11.2 Å². The molecular weight excluding hydrogens is 276 g/mol. The summed E-state index contributed by atoms with van der Waals surface area (Å²) < 4.78 is 0. The summed E-state index contributed by atoms with van der Waals surface area (Å²) in [6.07, 6.45) is 0.350. The van der Waals surface area contributed by atoms with Gasteiger partial charge in [-0.25, -0.2) is 0 Å². The molecular formula is C16H17ClOS. The number of carbonyl (C=O) groups is 1. The molecule has 0 bridgehead atoms. The van der Waals surface area contributed by atoms with Gasteiger partial charge in [0, 0.05) is 17.2 Å². The van der Waals surface area contributed by atoms with E-state index >= 15 is 0 Å². The van der Waals surface area contributed by atoms with Crippen LogP contribution in [0.2, 0.25) is 0 Å². The van der Waals surface area contributed by atoms with Crippen LogP contribution in [0.3, 0.4) is 0 Å². The molecule has 1 unspecified atom stereocenters. The normalized spacial score (nSPS) is 12.6. The van der Waals surface area contributed by atoms with Crippen LogP contribution >= 0.6 is 22.9 Å². The minimum Gasteiger partial charge on any atom is -0.281 e. The van der Waals surface area contributed by atoms with Crippen molar-refractivity contribution in [3.05, 3.63) is 57.8 Å². The first-order valence-corrected chi connectivity index (χ1v) is 7.65. The predicted octanol–water partition coefficient (Wildman–Crippen LogP) is 5.16. The Morgan fingerprint density at radius 2 is 1.79 bits per heavy atom. The fourth-order valence-corrected chi connectivity index (χ4v) is 3.16. The molecule has 2 aromatic rings. The molecule has 1 heterocycles. The van der Waals surface area contributed by atoms with Crippen molar-refractivity contribution in [2.24, 2.45) is 0 Å². The number of hydrogen-bond donors (Lipinski definition) is 0. The number of benzene rings is 1. The van der Waals surface area contributed by atoms with Crippen molar-refractivity contribution >= 4 is 28.2 Å². The highest BCUT2D eigenvalue weighted by atomic mass is 35.5. The quantitative estimate of drug-likeness (QED) is 0.696. The van der Waals surface area contributed by atoms with Gasteiger partial charge in [-0.2, -0.15) is 0 Å². The van der Waals surface area contributed by atoms with E-state index in [4.69, 9.17) is 11.6 Å². The Balaban J connectivity index is 2.30. The molecule has 2 rings (SSSR count). The summed E-state index contributed by atoms with van der Waals surface area (Å²) in [5.74, 6) is 0.593. The molecule has 0 aliphatic rings. The molecule has 1 atom stereocenters. The summed E-state index contributed by atoms with van der Waals surface area (Å²) in [6.45, 7) is 4.35. The number of halogens is 1. The smallest absolute Gasteiger partial charge is 0.222 e. The van der Waals surface area contributed by atoms with Gasteiger partial charge in [-0.05, 0) is 40.1 Å². The Labute approximate surface area is 123 Å². The summed E-state index contributed by atoms with van der Waals surface area (Å²) in [5.41, 5.74) is 2.46. The number of thiophene rings is 1. The van der Waals surface area contributed by atoms with Gasteiger partial charge in [0.05, 0.1) is 0 Å². The second-order valence-electron chi connectivity index (χ2n) is 4.95. The zero-order valence-corrected chi connectivity index (χ0v) is 12.7. The maximum Gasteiger partial charge on any atom is 0.222 e. The zero-order valence-electron chi connectivity index (χ0n) is 11.1. The van der Waals surface area contributed by atoms with Crippen molar-refractivity contribution in [1.82, 2.24) is 0 Å². The Bertz CT molecular complexity index is 528. The van der Waals surface area contributed by atoms with Crippen molar-refractivity contribution in [3.63, 3.8) is 0 Å². The minimum absolute atomic E-state index is 0.0752. The average Bonchev–Trinajstić information content (AvgIpc) is 2.89. The lowest BCUT2D eigenvalue weighted by molar-refractivity contribution is -0.111. The molecule has 1 aromatic carbocycles. The number of rotatable bonds is 5. The third-order valence-electron chi connectivity index (χ3n) is 3.26. The molecule has 0 aliphatic heterocycles. The second-order valence-corrected chi connectivity index (χ2v) is 6.35. The number of hydrogen-bond acceptors (Lipinski definition) is 2. The Hall–Kier alpha value is -1.12.